The van der Waals surface area contributed by atoms with Crippen LogP contribution in [0.2, 0.25) is 0 Å². The SMILES string of the molecule is CCCCNC(=O)[C@H](C)N(Cc1ccc(F)cc1)C(=O)CN(c1ccc(C(C)C)cc1)S(=O)(=O)c1ccccc1. The van der Waals surface area contributed by atoms with Crippen LogP contribution in [-0.2, 0) is 26.2 Å². The van der Waals surface area contributed by atoms with Crippen LogP contribution in [0.3, 0.4) is 0 Å². The molecule has 0 saturated heterocycles. The van der Waals surface area contributed by atoms with Gasteiger partial charge in [-0.2, -0.15) is 0 Å². The Morgan fingerprint density at radius 1 is 0.900 bits per heavy atom. The predicted molar refractivity (Wildman–Crippen MR) is 156 cm³/mol. The van der Waals surface area contributed by atoms with Crippen LogP contribution in [0.5, 0.6) is 0 Å². The Hall–Kier alpha value is -3.72. The van der Waals surface area contributed by atoms with Crippen molar-refractivity contribution in [1.82, 2.24) is 10.2 Å². The van der Waals surface area contributed by atoms with Gasteiger partial charge in [-0.3, -0.25) is 13.9 Å². The Labute approximate surface area is 237 Å². The number of halogens is 1. The normalized spacial score (nSPS) is 12.2. The highest BCUT2D eigenvalue weighted by Gasteiger charge is 2.32. The first kappa shape index (κ1) is 30.8. The number of carbonyl (C=O) groups excluding carboxylic acids is 2. The number of amides is 2. The third kappa shape index (κ3) is 7.91. The van der Waals surface area contributed by atoms with Crippen molar-refractivity contribution in [3.63, 3.8) is 0 Å². The molecule has 0 aliphatic carbocycles. The Balaban J connectivity index is 1.99. The van der Waals surface area contributed by atoms with E-state index < -0.39 is 34.3 Å². The van der Waals surface area contributed by atoms with Gasteiger partial charge in [0.1, 0.15) is 18.4 Å². The van der Waals surface area contributed by atoms with Crippen molar-refractivity contribution in [2.45, 2.75) is 63.9 Å². The molecule has 0 unspecified atom stereocenters. The maximum absolute atomic E-state index is 13.9. The number of nitrogens with zero attached hydrogens (tertiary/aromatic N) is 2. The van der Waals surface area contributed by atoms with Crippen molar-refractivity contribution in [3.05, 3.63) is 95.8 Å². The van der Waals surface area contributed by atoms with Crippen LogP contribution in [0.15, 0.2) is 83.8 Å². The molecule has 0 fully saturated rings. The zero-order chi connectivity index (χ0) is 29.3. The Morgan fingerprint density at radius 3 is 2.10 bits per heavy atom. The lowest BCUT2D eigenvalue weighted by molar-refractivity contribution is -0.139. The molecule has 0 saturated carbocycles. The molecule has 0 heterocycles. The standard InChI is InChI=1S/C31H38FN3O4S/c1-5-6-20-33-31(37)24(4)34(21-25-12-16-27(32)17-13-25)30(36)22-35(28-18-14-26(15-19-28)23(2)3)40(38,39)29-10-8-7-9-11-29/h7-19,23-24H,5-6,20-22H2,1-4H3,(H,33,37)/t24-/m0/s1. The van der Waals surface area contributed by atoms with Crippen LogP contribution in [0.25, 0.3) is 0 Å². The van der Waals surface area contributed by atoms with Crippen LogP contribution in [0.1, 0.15) is 57.6 Å². The zero-order valence-electron chi connectivity index (χ0n) is 23.5. The minimum Gasteiger partial charge on any atom is -0.354 e. The smallest absolute Gasteiger partial charge is 0.264 e. The minimum atomic E-state index is -4.12. The van der Waals surface area contributed by atoms with Crippen LogP contribution < -0.4 is 9.62 Å². The molecular formula is C31H38FN3O4S. The van der Waals surface area contributed by atoms with Crippen molar-refractivity contribution in [2.75, 3.05) is 17.4 Å². The third-order valence-electron chi connectivity index (χ3n) is 6.72. The molecule has 0 aliphatic heterocycles. The van der Waals surface area contributed by atoms with Gasteiger partial charge in [-0.25, -0.2) is 12.8 Å². The summed E-state index contributed by atoms with van der Waals surface area (Å²) in [5, 5.41) is 2.85. The predicted octanol–water partition coefficient (Wildman–Crippen LogP) is 5.48. The van der Waals surface area contributed by atoms with Gasteiger partial charge in [-0.15, -0.1) is 0 Å². The van der Waals surface area contributed by atoms with Crippen molar-refractivity contribution in [2.24, 2.45) is 0 Å². The molecule has 7 nitrogen and oxygen atoms in total. The molecular weight excluding hydrogens is 529 g/mol. The molecule has 0 spiro atoms. The van der Waals surface area contributed by atoms with Gasteiger partial charge in [0.2, 0.25) is 11.8 Å². The van der Waals surface area contributed by atoms with Crippen LogP contribution in [0, 0.1) is 5.82 Å². The van der Waals surface area contributed by atoms with Crippen molar-refractivity contribution >= 4 is 27.5 Å². The van der Waals surface area contributed by atoms with Crippen LogP contribution in [0.4, 0.5) is 10.1 Å². The first-order chi connectivity index (χ1) is 19.0. The molecule has 1 N–H and O–H groups in total. The monoisotopic (exact) mass is 567 g/mol. The second-order valence-electron chi connectivity index (χ2n) is 10.0. The van der Waals surface area contributed by atoms with Gasteiger partial charge in [0.25, 0.3) is 10.0 Å². The summed E-state index contributed by atoms with van der Waals surface area (Å²) in [7, 11) is -4.12. The van der Waals surface area contributed by atoms with Crippen molar-refractivity contribution in [3.8, 4) is 0 Å². The van der Waals surface area contributed by atoms with E-state index in [4.69, 9.17) is 0 Å². The molecule has 1 atom stereocenters. The molecule has 0 bridgehead atoms. The summed E-state index contributed by atoms with van der Waals surface area (Å²) in [6.45, 7) is 7.65. The minimum absolute atomic E-state index is 0.00693. The lowest BCUT2D eigenvalue weighted by Gasteiger charge is -2.32. The molecule has 3 aromatic rings. The third-order valence-corrected chi connectivity index (χ3v) is 8.51. The summed E-state index contributed by atoms with van der Waals surface area (Å²) in [5.41, 5.74) is 1.98. The molecule has 3 aromatic carbocycles. The quantitative estimate of drug-likeness (QED) is 0.277. The molecule has 9 heteroatoms. The number of anilines is 1. The van der Waals surface area contributed by atoms with E-state index in [-0.39, 0.29) is 23.3 Å². The van der Waals surface area contributed by atoms with E-state index in [2.05, 4.69) is 5.32 Å². The summed E-state index contributed by atoms with van der Waals surface area (Å²) >= 11 is 0. The highest BCUT2D eigenvalue weighted by molar-refractivity contribution is 7.92. The summed E-state index contributed by atoms with van der Waals surface area (Å²) in [6, 6.07) is 19.8. The Morgan fingerprint density at radius 2 is 1.52 bits per heavy atom. The maximum Gasteiger partial charge on any atom is 0.264 e. The maximum atomic E-state index is 13.9. The number of nitrogens with one attached hydrogen (secondary N) is 1. The first-order valence-electron chi connectivity index (χ1n) is 13.5. The van der Waals surface area contributed by atoms with Gasteiger partial charge < -0.3 is 10.2 Å². The Bertz CT molecular complexity index is 1360. The summed E-state index contributed by atoms with van der Waals surface area (Å²) in [6.07, 6.45) is 1.69. The highest BCUT2D eigenvalue weighted by Crippen LogP contribution is 2.26. The summed E-state index contributed by atoms with van der Waals surface area (Å²) in [5.74, 6) is -1.08. The number of hydrogen-bond acceptors (Lipinski definition) is 4. The van der Waals surface area contributed by atoms with Gasteiger partial charge in [0, 0.05) is 13.1 Å². The fourth-order valence-electron chi connectivity index (χ4n) is 4.18. The largest absolute Gasteiger partial charge is 0.354 e. The lowest BCUT2D eigenvalue weighted by Crippen LogP contribution is -2.51. The fraction of sp³-hybridized carbons (Fsp3) is 0.355. The van der Waals surface area contributed by atoms with E-state index in [9.17, 15) is 22.4 Å². The second-order valence-corrected chi connectivity index (χ2v) is 11.9. The molecule has 3 rings (SSSR count). The Kier molecular flexibility index (Phi) is 10.8. The van der Waals surface area contributed by atoms with Crippen molar-refractivity contribution < 1.29 is 22.4 Å². The fourth-order valence-corrected chi connectivity index (χ4v) is 5.61. The topological polar surface area (TPSA) is 86.8 Å². The average Bonchev–Trinajstić information content (AvgIpc) is 2.95. The van der Waals surface area contributed by atoms with Crippen LogP contribution >= 0.6 is 0 Å². The van der Waals surface area contributed by atoms with E-state index in [0.29, 0.717) is 17.8 Å². The molecule has 2 amide bonds. The van der Waals surface area contributed by atoms with Crippen molar-refractivity contribution in [1.29, 1.82) is 0 Å². The van der Waals surface area contributed by atoms with E-state index in [1.165, 1.54) is 29.2 Å². The second kappa shape index (κ2) is 14.1. The van der Waals surface area contributed by atoms with E-state index in [1.807, 2.05) is 32.9 Å². The van der Waals surface area contributed by atoms with E-state index in [0.717, 1.165) is 22.7 Å². The van der Waals surface area contributed by atoms with Gasteiger partial charge in [0.05, 0.1) is 10.6 Å². The molecule has 214 valence electrons. The highest BCUT2D eigenvalue weighted by atomic mass is 32.2. The first-order valence-corrected chi connectivity index (χ1v) is 15.0. The average molecular weight is 568 g/mol. The van der Waals surface area contributed by atoms with E-state index in [1.54, 1.807) is 49.4 Å². The van der Waals surface area contributed by atoms with Gasteiger partial charge in [-0.1, -0.05) is 69.7 Å². The molecule has 0 aliphatic rings. The number of sulfonamides is 1. The summed E-state index contributed by atoms with van der Waals surface area (Å²) < 4.78 is 42.3. The number of benzene rings is 3. The zero-order valence-corrected chi connectivity index (χ0v) is 24.3. The number of hydrogen-bond donors (Lipinski definition) is 1. The number of unbranched alkanes of at least 4 members (excludes halogenated alkanes) is 1. The molecule has 0 radical (unpaired) electrons. The summed E-state index contributed by atoms with van der Waals surface area (Å²) in [4.78, 5) is 28.3. The van der Waals surface area contributed by atoms with Crippen LogP contribution in [-0.4, -0.2) is 44.3 Å². The lowest BCUT2D eigenvalue weighted by atomic mass is 10.0. The molecule has 40 heavy (non-hydrogen) atoms. The molecule has 0 aromatic heterocycles. The van der Waals surface area contributed by atoms with E-state index >= 15 is 0 Å². The van der Waals surface area contributed by atoms with Gasteiger partial charge in [0.15, 0.2) is 0 Å². The van der Waals surface area contributed by atoms with Gasteiger partial charge in [-0.05, 0) is 66.8 Å². The van der Waals surface area contributed by atoms with Gasteiger partial charge >= 0.3 is 0 Å². The number of rotatable bonds is 13. The number of carbonyl (C=O) groups is 2.